The van der Waals surface area contributed by atoms with Gasteiger partial charge in [-0.05, 0) is 17.7 Å². The van der Waals surface area contributed by atoms with E-state index in [4.69, 9.17) is 4.74 Å². The molecule has 0 aliphatic carbocycles. The van der Waals surface area contributed by atoms with E-state index >= 15 is 0 Å². The Labute approximate surface area is 141 Å². The zero-order chi connectivity index (χ0) is 17.1. The number of carbonyl (C=O) groups is 2. The lowest BCUT2D eigenvalue weighted by Gasteiger charge is -2.25. The molecule has 2 aromatic rings. The third kappa shape index (κ3) is 3.11. The molecule has 1 aliphatic rings. The first kappa shape index (κ1) is 16.1. The van der Waals surface area contributed by atoms with Gasteiger partial charge in [-0.15, -0.1) is 0 Å². The second-order valence-corrected chi connectivity index (χ2v) is 5.89. The number of ether oxygens (including phenoxy) is 1. The number of amides is 2. The number of likely N-dealkylation sites (tertiary alicyclic amines) is 1. The molecule has 2 atom stereocenters. The summed E-state index contributed by atoms with van der Waals surface area (Å²) in [7, 11) is 3.33. The summed E-state index contributed by atoms with van der Waals surface area (Å²) in [5.41, 5.74) is 1.63. The lowest BCUT2D eigenvalue weighted by Crippen LogP contribution is -2.30. The van der Waals surface area contributed by atoms with E-state index in [2.05, 4.69) is 5.32 Å². The molecular formula is C19H20N2O3. The van der Waals surface area contributed by atoms with Crippen LogP contribution < -0.4 is 10.1 Å². The first-order chi connectivity index (χ1) is 11.6. The van der Waals surface area contributed by atoms with E-state index in [0.29, 0.717) is 11.4 Å². The van der Waals surface area contributed by atoms with Crippen molar-refractivity contribution >= 4 is 17.5 Å². The minimum absolute atomic E-state index is 0.0188. The Morgan fingerprint density at radius 2 is 1.92 bits per heavy atom. The SMILES string of the molecule is COc1cccc(NC(=O)[C@H]2CC(=O)N(C)[C@H]2c2ccccc2)c1. The topological polar surface area (TPSA) is 58.6 Å². The van der Waals surface area contributed by atoms with Gasteiger partial charge in [0.2, 0.25) is 11.8 Å². The number of rotatable bonds is 4. The van der Waals surface area contributed by atoms with Crippen molar-refractivity contribution in [3.05, 3.63) is 60.2 Å². The molecule has 24 heavy (non-hydrogen) atoms. The molecule has 0 bridgehead atoms. The van der Waals surface area contributed by atoms with E-state index in [9.17, 15) is 9.59 Å². The van der Waals surface area contributed by atoms with Crippen LogP contribution in [-0.4, -0.2) is 30.9 Å². The molecule has 3 rings (SSSR count). The van der Waals surface area contributed by atoms with Crippen LogP contribution in [0.4, 0.5) is 5.69 Å². The van der Waals surface area contributed by atoms with Crippen LogP contribution in [0.25, 0.3) is 0 Å². The van der Waals surface area contributed by atoms with Crippen molar-refractivity contribution in [2.75, 3.05) is 19.5 Å². The fourth-order valence-corrected chi connectivity index (χ4v) is 3.15. The maximum Gasteiger partial charge on any atom is 0.230 e. The molecule has 2 aromatic carbocycles. The monoisotopic (exact) mass is 324 g/mol. The Kier molecular flexibility index (Phi) is 4.51. The van der Waals surface area contributed by atoms with Crippen LogP contribution in [0.15, 0.2) is 54.6 Å². The standard InChI is InChI=1S/C19H20N2O3/c1-21-17(22)12-16(18(21)13-7-4-3-5-8-13)19(23)20-14-9-6-10-15(11-14)24-2/h3-11,16,18H,12H2,1-2H3,(H,20,23)/t16-,18-/m0/s1. The molecule has 5 nitrogen and oxygen atoms in total. The lowest BCUT2D eigenvalue weighted by molar-refractivity contribution is -0.127. The summed E-state index contributed by atoms with van der Waals surface area (Å²) in [6.45, 7) is 0. The molecule has 1 aliphatic heterocycles. The van der Waals surface area contributed by atoms with E-state index in [-0.39, 0.29) is 24.3 Å². The smallest absolute Gasteiger partial charge is 0.230 e. The molecule has 5 heteroatoms. The number of carbonyl (C=O) groups excluding carboxylic acids is 2. The molecular weight excluding hydrogens is 304 g/mol. The summed E-state index contributed by atoms with van der Waals surface area (Å²) in [4.78, 5) is 26.6. The van der Waals surface area contributed by atoms with Gasteiger partial charge in [0, 0.05) is 25.2 Å². The average Bonchev–Trinajstić information content (AvgIpc) is 2.91. The van der Waals surface area contributed by atoms with Crippen molar-refractivity contribution in [3.63, 3.8) is 0 Å². The Hall–Kier alpha value is -2.82. The third-order valence-corrected chi connectivity index (χ3v) is 4.40. The van der Waals surface area contributed by atoms with Crippen molar-refractivity contribution in [2.45, 2.75) is 12.5 Å². The van der Waals surface area contributed by atoms with Gasteiger partial charge in [-0.3, -0.25) is 9.59 Å². The highest BCUT2D eigenvalue weighted by Gasteiger charge is 2.42. The van der Waals surface area contributed by atoms with Crippen LogP contribution in [0.1, 0.15) is 18.0 Å². The highest BCUT2D eigenvalue weighted by molar-refractivity contribution is 5.98. The minimum Gasteiger partial charge on any atom is -0.497 e. The van der Waals surface area contributed by atoms with E-state index in [1.165, 1.54) is 0 Å². The Morgan fingerprint density at radius 3 is 2.62 bits per heavy atom. The predicted octanol–water partition coefficient (Wildman–Crippen LogP) is 2.85. The van der Waals surface area contributed by atoms with Gasteiger partial charge in [0.25, 0.3) is 0 Å². The fraction of sp³-hybridized carbons (Fsp3) is 0.263. The lowest BCUT2D eigenvalue weighted by atomic mass is 9.93. The molecule has 0 radical (unpaired) electrons. The Balaban J connectivity index is 1.83. The maximum atomic E-state index is 12.8. The summed E-state index contributed by atoms with van der Waals surface area (Å²) in [6, 6.07) is 16.6. The molecule has 0 aromatic heterocycles. The van der Waals surface area contributed by atoms with Crippen LogP contribution >= 0.6 is 0 Å². The number of hydrogen-bond donors (Lipinski definition) is 1. The molecule has 0 saturated carbocycles. The van der Waals surface area contributed by atoms with Gasteiger partial charge in [0.1, 0.15) is 5.75 Å². The van der Waals surface area contributed by atoms with Crippen molar-refractivity contribution in [1.29, 1.82) is 0 Å². The normalized spacial score (nSPS) is 20.1. The third-order valence-electron chi connectivity index (χ3n) is 4.40. The van der Waals surface area contributed by atoms with Crippen LogP contribution in [0.5, 0.6) is 5.75 Å². The average molecular weight is 324 g/mol. The maximum absolute atomic E-state index is 12.8. The number of methoxy groups -OCH3 is 1. The second-order valence-electron chi connectivity index (χ2n) is 5.89. The fourth-order valence-electron chi connectivity index (χ4n) is 3.15. The highest BCUT2D eigenvalue weighted by Crippen LogP contribution is 2.37. The number of nitrogens with one attached hydrogen (secondary N) is 1. The molecule has 124 valence electrons. The van der Waals surface area contributed by atoms with E-state index < -0.39 is 5.92 Å². The van der Waals surface area contributed by atoms with Gasteiger partial charge >= 0.3 is 0 Å². The van der Waals surface area contributed by atoms with Crippen molar-refractivity contribution in [1.82, 2.24) is 4.90 Å². The zero-order valence-corrected chi connectivity index (χ0v) is 13.7. The van der Waals surface area contributed by atoms with Gasteiger partial charge in [0.15, 0.2) is 0 Å². The Morgan fingerprint density at radius 1 is 1.17 bits per heavy atom. The second kappa shape index (κ2) is 6.74. The quantitative estimate of drug-likeness (QED) is 0.941. The summed E-state index contributed by atoms with van der Waals surface area (Å²) in [6.07, 6.45) is 0.214. The molecule has 1 saturated heterocycles. The highest BCUT2D eigenvalue weighted by atomic mass is 16.5. The molecule has 1 fully saturated rings. The number of anilines is 1. The molecule has 0 spiro atoms. The van der Waals surface area contributed by atoms with Crippen molar-refractivity contribution in [2.24, 2.45) is 5.92 Å². The van der Waals surface area contributed by atoms with Gasteiger partial charge in [-0.2, -0.15) is 0 Å². The van der Waals surface area contributed by atoms with Crippen molar-refractivity contribution < 1.29 is 14.3 Å². The number of benzene rings is 2. The van der Waals surface area contributed by atoms with Gasteiger partial charge in [-0.25, -0.2) is 0 Å². The van der Waals surface area contributed by atoms with Crippen molar-refractivity contribution in [3.8, 4) is 5.75 Å². The van der Waals surface area contributed by atoms with E-state index in [1.807, 2.05) is 42.5 Å². The summed E-state index contributed by atoms with van der Waals surface area (Å²) in [5.74, 6) is 0.0765. The van der Waals surface area contributed by atoms with E-state index in [1.54, 1.807) is 31.2 Å². The van der Waals surface area contributed by atoms with Gasteiger partial charge < -0.3 is 15.0 Å². The number of nitrogens with zero attached hydrogens (tertiary/aromatic N) is 1. The van der Waals surface area contributed by atoms with Gasteiger partial charge in [0.05, 0.1) is 19.1 Å². The summed E-state index contributed by atoms with van der Waals surface area (Å²) < 4.78 is 5.17. The molecule has 1 N–H and O–H groups in total. The summed E-state index contributed by atoms with van der Waals surface area (Å²) in [5, 5.41) is 2.90. The largest absolute Gasteiger partial charge is 0.497 e. The van der Waals surface area contributed by atoms with Gasteiger partial charge in [-0.1, -0.05) is 36.4 Å². The van der Waals surface area contributed by atoms with Crippen LogP contribution in [0, 0.1) is 5.92 Å². The number of hydrogen-bond acceptors (Lipinski definition) is 3. The van der Waals surface area contributed by atoms with Crippen LogP contribution in [0.2, 0.25) is 0 Å². The first-order valence-corrected chi connectivity index (χ1v) is 7.85. The molecule has 1 heterocycles. The van der Waals surface area contributed by atoms with E-state index in [0.717, 1.165) is 5.56 Å². The molecule has 0 unspecified atom stereocenters. The Bertz CT molecular complexity index is 745. The molecule has 2 amide bonds. The van der Waals surface area contributed by atoms with Crippen LogP contribution in [0.3, 0.4) is 0 Å². The minimum atomic E-state index is -0.420. The zero-order valence-electron chi connectivity index (χ0n) is 13.7. The van der Waals surface area contributed by atoms with Crippen LogP contribution in [-0.2, 0) is 9.59 Å². The first-order valence-electron chi connectivity index (χ1n) is 7.85. The summed E-state index contributed by atoms with van der Waals surface area (Å²) >= 11 is 0. The predicted molar refractivity (Wildman–Crippen MR) is 91.7 cm³/mol.